The largest absolute Gasteiger partial charge is 0.369 e. The van der Waals surface area contributed by atoms with E-state index in [1.807, 2.05) is 67.5 Å². The van der Waals surface area contributed by atoms with Crippen LogP contribution in [0.1, 0.15) is 5.56 Å². The van der Waals surface area contributed by atoms with E-state index in [-0.39, 0.29) is 0 Å². The Kier molecular flexibility index (Phi) is 5.76. The SMILES string of the molecule is CN(C)C=NCc1cccc(Nc2[nH]nc3ncnc(Nc4cccc(Cl)c4)c23)c1. The lowest BCUT2D eigenvalue weighted by Gasteiger charge is -2.10. The summed E-state index contributed by atoms with van der Waals surface area (Å²) in [5.74, 6) is 1.33. The van der Waals surface area contributed by atoms with Crippen molar-refractivity contribution >= 4 is 52.0 Å². The van der Waals surface area contributed by atoms with Gasteiger partial charge in [-0.05, 0) is 35.9 Å². The molecule has 30 heavy (non-hydrogen) atoms. The fraction of sp³-hybridized carbons (Fsp3) is 0.143. The summed E-state index contributed by atoms with van der Waals surface area (Å²) in [7, 11) is 3.89. The van der Waals surface area contributed by atoms with Gasteiger partial charge in [-0.2, -0.15) is 5.10 Å². The van der Waals surface area contributed by atoms with Gasteiger partial charge in [0.25, 0.3) is 0 Å². The van der Waals surface area contributed by atoms with E-state index in [0.29, 0.717) is 28.9 Å². The first-order valence-electron chi connectivity index (χ1n) is 9.32. The Hall–Kier alpha value is -3.65. The lowest BCUT2D eigenvalue weighted by molar-refractivity contribution is 0.638. The number of anilines is 4. The van der Waals surface area contributed by atoms with Crippen molar-refractivity contribution in [1.29, 1.82) is 0 Å². The van der Waals surface area contributed by atoms with Gasteiger partial charge < -0.3 is 15.5 Å². The lowest BCUT2D eigenvalue weighted by atomic mass is 10.2. The van der Waals surface area contributed by atoms with Crippen molar-refractivity contribution in [1.82, 2.24) is 25.1 Å². The number of halogens is 1. The van der Waals surface area contributed by atoms with Gasteiger partial charge in [0.15, 0.2) is 5.65 Å². The average molecular weight is 421 g/mol. The van der Waals surface area contributed by atoms with Gasteiger partial charge in [-0.1, -0.05) is 29.8 Å². The summed E-state index contributed by atoms with van der Waals surface area (Å²) in [4.78, 5) is 15.0. The average Bonchev–Trinajstić information content (AvgIpc) is 3.12. The molecule has 0 saturated carbocycles. The van der Waals surface area contributed by atoms with Crippen LogP contribution in [0.2, 0.25) is 5.02 Å². The number of benzene rings is 2. The fourth-order valence-electron chi connectivity index (χ4n) is 2.95. The zero-order valence-corrected chi connectivity index (χ0v) is 17.4. The Bertz CT molecular complexity index is 1180. The van der Waals surface area contributed by atoms with Crippen LogP contribution in [0.25, 0.3) is 11.0 Å². The molecular weight excluding hydrogens is 400 g/mol. The van der Waals surface area contributed by atoms with Gasteiger partial charge in [0.2, 0.25) is 0 Å². The molecule has 0 unspecified atom stereocenters. The van der Waals surface area contributed by atoms with Crippen molar-refractivity contribution < 1.29 is 0 Å². The van der Waals surface area contributed by atoms with Crippen molar-refractivity contribution in [2.24, 2.45) is 4.99 Å². The zero-order chi connectivity index (χ0) is 20.9. The van der Waals surface area contributed by atoms with Crippen LogP contribution in [-0.4, -0.2) is 45.5 Å². The molecule has 4 rings (SSSR count). The number of aliphatic imine (C=N–C) groups is 1. The Morgan fingerprint density at radius 1 is 1.07 bits per heavy atom. The second-order valence-corrected chi connectivity index (χ2v) is 7.34. The van der Waals surface area contributed by atoms with Crippen LogP contribution in [0.4, 0.5) is 23.0 Å². The van der Waals surface area contributed by atoms with E-state index in [1.165, 1.54) is 6.33 Å². The third kappa shape index (κ3) is 4.66. The molecule has 9 heteroatoms. The number of hydrogen-bond donors (Lipinski definition) is 3. The standard InChI is InChI=1S/C21H21ClN8/c1-30(2)13-23-11-14-5-3-7-16(9-14)27-21-18-19(24-12-25-20(18)28-29-21)26-17-8-4-6-15(22)10-17/h3-10,12-13H,11H2,1-2H3,(H3,24,25,26,27,28,29). The topological polar surface area (TPSA) is 94.1 Å². The molecule has 2 aromatic carbocycles. The second kappa shape index (κ2) is 8.79. The minimum Gasteiger partial charge on any atom is -0.369 e. The van der Waals surface area contributed by atoms with E-state index in [4.69, 9.17) is 11.6 Å². The lowest BCUT2D eigenvalue weighted by Crippen LogP contribution is -2.07. The van der Waals surface area contributed by atoms with E-state index >= 15 is 0 Å². The van der Waals surface area contributed by atoms with E-state index in [9.17, 15) is 0 Å². The normalized spacial score (nSPS) is 11.2. The molecule has 152 valence electrons. The van der Waals surface area contributed by atoms with E-state index < -0.39 is 0 Å². The molecule has 0 spiro atoms. The number of rotatable bonds is 7. The van der Waals surface area contributed by atoms with Gasteiger partial charge in [-0.15, -0.1) is 0 Å². The Morgan fingerprint density at radius 2 is 1.87 bits per heavy atom. The van der Waals surface area contributed by atoms with Crippen LogP contribution in [-0.2, 0) is 6.54 Å². The first-order chi connectivity index (χ1) is 14.6. The van der Waals surface area contributed by atoms with Crippen LogP contribution < -0.4 is 10.6 Å². The number of fused-ring (bicyclic) bond motifs is 1. The highest BCUT2D eigenvalue weighted by Crippen LogP contribution is 2.30. The summed E-state index contributed by atoms with van der Waals surface area (Å²) >= 11 is 6.10. The predicted octanol–water partition coefficient (Wildman–Crippen LogP) is 4.58. The Labute approximate surface area is 179 Å². The van der Waals surface area contributed by atoms with Gasteiger partial charge in [0.1, 0.15) is 23.3 Å². The summed E-state index contributed by atoms with van der Waals surface area (Å²) in [6, 6.07) is 15.5. The molecule has 3 N–H and O–H groups in total. The number of aromatic amines is 1. The smallest absolute Gasteiger partial charge is 0.188 e. The molecule has 2 aromatic heterocycles. The number of H-pyrrole nitrogens is 1. The van der Waals surface area contributed by atoms with Crippen LogP contribution in [0.15, 0.2) is 59.9 Å². The van der Waals surface area contributed by atoms with Crippen LogP contribution >= 0.6 is 11.6 Å². The molecule has 0 aliphatic heterocycles. The summed E-state index contributed by atoms with van der Waals surface area (Å²) in [5, 5.41) is 15.4. The number of nitrogens with one attached hydrogen (secondary N) is 3. The van der Waals surface area contributed by atoms with Gasteiger partial charge in [0.05, 0.1) is 12.9 Å². The third-order valence-corrected chi connectivity index (χ3v) is 4.46. The summed E-state index contributed by atoms with van der Waals surface area (Å²) < 4.78 is 0. The van der Waals surface area contributed by atoms with Crippen molar-refractivity contribution in [2.75, 3.05) is 24.7 Å². The molecule has 0 fully saturated rings. The zero-order valence-electron chi connectivity index (χ0n) is 16.6. The van der Waals surface area contributed by atoms with E-state index in [0.717, 1.165) is 22.3 Å². The maximum Gasteiger partial charge on any atom is 0.188 e. The maximum absolute atomic E-state index is 6.10. The molecule has 0 saturated heterocycles. The van der Waals surface area contributed by atoms with Crippen molar-refractivity contribution in [3.8, 4) is 0 Å². The highest BCUT2D eigenvalue weighted by atomic mass is 35.5. The van der Waals surface area contributed by atoms with Gasteiger partial charge in [0, 0.05) is 30.5 Å². The maximum atomic E-state index is 6.10. The molecule has 0 radical (unpaired) electrons. The minimum atomic E-state index is 0.559. The Balaban J connectivity index is 1.61. The first kappa shape index (κ1) is 19.7. The monoisotopic (exact) mass is 420 g/mol. The summed E-state index contributed by atoms with van der Waals surface area (Å²) in [5.41, 5.74) is 3.39. The fourth-order valence-corrected chi connectivity index (χ4v) is 3.14. The van der Waals surface area contributed by atoms with Crippen LogP contribution in [0.3, 0.4) is 0 Å². The van der Waals surface area contributed by atoms with Crippen molar-refractivity contribution in [3.05, 3.63) is 65.4 Å². The number of aromatic nitrogens is 4. The Morgan fingerprint density at radius 3 is 2.67 bits per heavy atom. The number of hydrogen-bond acceptors (Lipinski definition) is 6. The molecule has 4 aromatic rings. The summed E-state index contributed by atoms with van der Waals surface area (Å²) in [6.07, 6.45) is 3.27. The van der Waals surface area contributed by atoms with E-state index in [2.05, 4.69) is 35.8 Å². The first-order valence-corrected chi connectivity index (χ1v) is 9.70. The molecule has 8 nitrogen and oxygen atoms in total. The molecule has 0 amide bonds. The molecule has 0 aliphatic carbocycles. The molecule has 0 bridgehead atoms. The third-order valence-electron chi connectivity index (χ3n) is 4.22. The van der Waals surface area contributed by atoms with Crippen LogP contribution in [0.5, 0.6) is 0 Å². The molecule has 2 heterocycles. The van der Waals surface area contributed by atoms with Gasteiger partial charge in [-0.25, -0.2) is 9.97 Å². The van der Waals surface area contributed by atoms with E-state index in [1.54, 1.807) is 6.34 Å². The highest BCUT2D eigenvalue weighted by Gasteiger charge is 2.13. The summed E-state index contributed by atoms with van der Waals surface area (Å²) in [6.45, 7) is 0.599. The highest BCUT2D eigenvalue weighted by molar-refractivity contribution is 6.30. The second-order valence-electron chi connectivity index (χ2n) is 6.90. The minimum absolute atomic E-state index is 0.559. The van der Waals surface area contributed by atoms with Crippen molar-refractivity contribution in [3.63, 3.8) is 0 Å². The molecule has 0 atom stereocenters. The van der Waals surface area contributed by atoms with Crippen LogP contribution in [0, 0.1) is 0 Å². The number of nitrogens with zero attached hydrogens (tertiary/aromatic N) is 5. The van der Waals surface area contributed by atoms with Crippen molar-refractivity contribution in [2.45, 2.75) is 6.54 Å². The molecule has 0 aliphatic rings. The molecular formula is C21H21ClN8. The predicted molar refractivity (Wildman–Crippen MR) is 122 cm³/mol. The quantitative estimate of drug-likeness (QED) is 0.299. The van der Waals surface area contributed by atoms with Gasteiger partial charge >= 0.3 is 0 Å². The van der Waals surface area contributed by atoms with Gasteiger partial charge in [-0.3, -0.25) is 10.1 Å².